The number of halogens is 1. The number of alkyl halides is 1. The first-order chi connectivity index (χ1) is 6.23. The number of piperazine rings is 1. The number of ether oxygens (including phenoxy) is 1. The zero-order chi connectivity index (χ0) is 9.31. The molecule has 2 aliphatic rings. The summed E-state index contributed by atoms with van der Waals surface area (Å²) < 4.78 is 6.98. The second-order valence-electron chi connectivity index (χ2n) is 4.22. The van der Waals surface area contributed by atoms with Crippen LogP contribution < -0.4 is 5.32 Å². The molecule has 2 aliphatic heterocycles. The Morgan fingerprint density at radius 2 is 2.54 bits per heavy atom. The first kappa shape index (κ1) is 10.1. The minimum atomic E-state index is 0.0917. The van der Waals surface area contributed by atoms with Gasteiger partial charge in [-0.05, 0) is 6.92 Å². The van der Waals surface area contributed by atoms with E-state index in [9.17, 15) is 0 Å². The van der Waals surface area contributed by atoms with Crippen LogP contribution >= 0.6 is 22.6 Å². The first-order valence-corrected chi connectivity index (χ1v) is 6.41. The number of nitrogens with one attached hydrogen (secondary N) is 1. The van der Waals surface area contributed by atoms with Gasteiger partial charge in [-0.25, -0.2) is 0 Å². The third kappa shape index (κ3) is 2.16. The summed E-state index contributed by atoms with van der Waals surface area (Å²) in [5.41, 5.74) is 0.0917. The van der Waals surface area contributed by atoms with E-state index in [4.69, 9.17) is 4.74 Å². The van der Waals surface area contributed by atoms with Crippen molar-refractivity contribution in [3.8, 4) is 0 Å². The fraction of sp³-hybridized carbons (Fsp3) is 1.00. The molecular formula is C9H17IN2O. The van der Waals surface area contributed by atoms with E-state index in [1.807, 2.05) is 0 Å². The molecule has 2 rings (SSSR count). The highest BCUT2D eigenvalue weighted by atomic mass is 127. The summed E-state index contributed by atoms with van der Waals surface area (Å²) in [6.07, 6.45) is 0. The van der Waals surface area contributed by atoms with Crippen molar-refractivity contribution in [1.29, 1.82) is 0 Å². The Labute approximate surface area is 93.3 Å². The Hall–Kier alpha value is 0.610. The van der Waals surface area contributed by atoms with Crippen LogP contribution in [0.2, 0.25) is 0 Å². The maximum absolute atomic E-state index is 5.89. The average molecular weight is 296 g/mol. The molecule has 0 saturated carbocycles. The number of fused-ring (bicyclic) bond motifs is 1. The smallest absolute Gasteiger partial charge is 0.0870 e. The third-order valence-corrected chi connectivity index (χ3v) is 4.53. The van der Waals surface area contributed by atoms with Gasteiger partial charge >= 0.3 is 0 Å². The van der Waals surface area contributed by atoms with E-state index >= 15 is 0 Å². The van der Waals surface area contributed by atoms with Gasteiger partial charge in [0, 0.05) is 36.6 Å². The average Bonchev–Trinajstić information content (AvgIpc) is 2.18. The van der Waals surface area contributed by atoms with Crippen LogP contribution in [0.25, 0.3) is 0 Å². The second-order valence-corrected chi connectivity index (χ2v) is 4.99. The monoisotopic (exact) mass is 296 g/mol. The summed E-state index contributed by atoms with van der Waals surface area (Å²) in [6.45, 7) is 7.62. The molecule has 0 aromatic heterocycles. The second kappa shape index (κ2) is 4.00. The molecule has 0 aliphatic carbocycles. The van der Waals surface area contributed by atoms with Crippen LogP contribution in [0.1, 0.15) is 6.92 Å². The quantitative estimate of drug-likeness (QED) is 0.563. The molecule has 4 heteroatoms. The van der Waals surface area contributed by atoms with Gasteiger partial charge in [0.05, 0.1) is 12.2 Å². The molecule has 2 fully saturated rings. The third-order valence-electron chi connectivity index (χ3n) is 2.92. The molecule has 0 amide bonds. The van der Waals surface area contributed by atoms with Crippen molar-refractivity contribution in [1.82, 2.24) is 10.2 Å². The molecule has 0 aromatic carbocycles. The van der Waals surface area contributed by atoms with E-state index in [2.05, 4.69) is 39.7 Å². The van der Waals surface area contributed by atoms with Gasteiger partial charge in [-0.2, -0.15) is 0 Å². The highest BCUT2D eigenvalue weighted by Crippen LogP contribution is 2.23. The fourth-order valence-corrected chi connectivity index (χ4v) is 2.49. The van der Waals surface area contributed by atoms with E-state index < -0.39 is 0 Å². The molecule has 0 aromatic rings. The van der Waals surface area contributed by atoms with Crippen LogP contribution in [0.5, 0.6) is 0 Å². The van der Waals surface area contributed by atoms with Gasteiger partial charge in [-0.3, -0.25) is 4.90 Å². The minimum absolute atomic E-state index is 0.0917. The standard InChI is InChI=1S/C9H17IN2O/c1-9(6-10)7-12-3-2-11-4-8(12)5-13-9/h8,11H,2-7H2,1H3. The van der Waals surface area contributed by atoms with Crippen LogP contribution in [0, 0.1) is 0 Å². The Bertz CT molecular complexity index is 190. The maximum atomic E-state index is 5.89. The van der Waals surface area contributed by atoms with Crippen LogP contribution in [0.4, 0.5) is 0 Å². The van der Waals surface area contributed by atoms with Gasteiger partial charge in [-0.1, -0.05) is 22.6 Å². The zero-order valence-corrected chi connectivity index (χ0v) is 10.2. The summed E-state index contributed by atoms with van der Waals surface area (Å²) in [5.74, 6) is 0. The highest BCUT2D eigenvalue weighted by Gasteiger charge is 2.37. The lowest BCUT2D eigenvalue weighted by atomic mass is 10.0. The molecule has 3 nitrogen and oxygen atoms in total. The van der Waals surface area contributed by atoms with Crippen molar-refractivity contribution in [2.75, 3.05) is 37.2 Å². The van der Waals surface area contributed by atoms with Crippen LogP contribution in [0.15, 0.2) is 0 Å². The summed E-state index contributed by atoms with van der Waals surface area (Å²) in [5, 5.41) is 3.41. The lowest BCUT2D eigenvalue weighted by molar-refractivity contribution is -0.114. The summed E-state index contributed by atoms with van der Waals surface area (Å²) in [6, 6.07) is 0.616. The Balaban J connectivity index is 1.98. The lowest BCUT2D eigenvalue weighted by Crippen LogP contribution is -2.62. The molecule has 2 atom stereocenters. The van der Waals surface area contributed by atoms with E-state index in [1.165, 1.54) is 6.54 Å². The van der Waals surface area contributed by atoms with Crippen LogP contribution in [-0.4, -0.2) is 53.8 Å². The van der Waals surface area contributed by atoms with Crippen LogP contribution in [0.3, 0.4) is 0 Å². The minimum Gasteiger partial charge on any atom is -0.371 e. The number of morpholine rings is 1. The van der Waals surface area contributed by atoms with E-state index in [0.29, 0.717) is 6.04 Å². The molecule has 13 heavy (non-hydrogen) atoms. The maximum Gasteiger partial charge on any atom is 0.0870 e. The van der Waals surface area contributed by atoms with Gasteiger partial charge in [0.2, 0.25) is 0 Å². The summed E-state index contributed by atoms with van der Waals surface area (Å²) >= 11 is 2.42. The van der Waals surface area contributed by atoms with Gasteiger partial charge in [0.25, 0.3) is 0 Å². The SMILES string of the molecule is CC1(CI)CN2CCNCC2CO1. The van der Waals surface area contributed by atoms with Crippen molar-refractivity contribution in [3.63, 3.8) is 0 Å². The van der Waals surface area contributed by atoms with Gasteiger partial charge in [0.15, 0.2) is 0 Å². The summed E-state index contributed by atoms with van der Waals surface area (Å²) in [4.78, 5) is 2.57. The molecule has 2 heterocycles. The van der Waals surface area contributed by atoms with Crippen molar-refractivity contribution >= 4 is 22.6 Å². The molecule has 2 saturated heterocycles. The Kier molecular flexibility index (Phi) is 3.12. The molecule has 1 N–H and O–H groups in total. The predicted octanol–water partition coefficient (Wildman–Crippen LogP) is 0.484. The van der Waals surface area contributed by atoms with Crippen molar-refractivity contribution in [2.24, 2.45) is 0 Å². The van der Waals surface area contributed by atoms with Crippen LogP contribution in [-0.2, 0) is 4.74 Å². The number of rotatable bonds is 1. The predicted molar refractivity (Wildman–Crippen MR) is 61.5 cm³/mol. The fourth-order valence-electron chi connectivity index (χ4n) is 2.03. The topological polar surface area (TPSA) is 24.5 Å². The van der Waals surface area contributed by atoms with E-state index in [-0.39, 0.29) is 5.60 Å². The lowest BCUT2D eigenvalue weighted by Gasteiger charge is -2.46. The normalized spacial score (nSPS) is 41.5. The van der Waals surface area contributed by atoms with Gasteiger partial charge in [0.1, 0.15) is 0 Å². The molecule has 76 valence electrons. The number of hydrogen-bond acceptors (Lipinski definition) is 3. The Morgan fingerprint density at radius 3 is 3.31 bits per heavy atom. The number of hydrogen-bond donors (Lipinski definition) is 1. The van der Waals surface area contributed by atoms with Gasteiger partial charge in [-0.15, -0.1) is 0 Å². The highest BCUT2D eigenvalue weighted by molar-refractivity contribution is 14.1. The molecule has 0 bridgehead atoms. The largest absolute Gasteiger partial charge is 0.371 e. The van der Waals surface area contributed by atoms with Crippen molar-refractivity contribution in [3.05, 3.63) is 0 Å². The molecular weight excluding hydrogens is 279 g/mol. The van der Waals surface area contributed by atoms with E-state index in [0.717, 1.165) is 30.7 Å². The molecule has 0 radical (unpaired) electrons. The number of nitrogens with zero attached hydrogens (tertiary/aromatic N) is 1. The molecule has 0 spiro atoms. The van der Waals surface area contributed by atoms with E-state index in [1.54, 1.807) is 0 Å². The van der Waals surface area contributed by atoms with Crippen molar-refractivity contribution in [2.45, 2.75) is 18.6 Å². The zero-order valence-electron chi connectivity index (χ0n) is 8.05. The first-order valence-electron chi connectivity index (χ1n) is 4.88. The Morgan fingerprint density at radius 1 is 1.69 bits per heavy atom. The van der Waals surface area contributed by atoms with Gasteiger partial charge < -0.3 is 10.1 Å². The molecule has 2 unspecified atom stereocenters. The summed E-state index contributed by atoms with van der Waals surface area (Å²) in [7, 11) is 0. The van der Waals surface area contributed by atoms with Crippen molar-refractivity contribution < 1.29 is 4.74 Å².